The number of nitrogens with one attached hydrogen (secondary N) is 1. The van der Waals surface area contributed by atoms with E-state index in [9.17, 15) is 0 Å². The monoisotopic (exact) mass is 240 g/mol. The molecule has 0 radical (unpaired) electrons. The summed E-state index contributed by atoms with van der Waals surface area (Å²) in [5.74, 6) is 0.530. The molecule has 0 saturated heterocycles. The molecular formula is C13H24N2S. The van der Waals surface area contributed by atoms with Crippen LogP contribution in [0.3, 0.4) is 0 Å². The van der Waals surface area contributed by atoms with Crippen LogP contribution in [0, 0.1) is 6.92 Å². The first-order chi connectivity index (χ1) is 7.63. The number of nitrogens with zero attached hydrogens (tertiary/aromatic N) is 1. The Morgan fingerprint density at radius 2 is 2.19 bits per heavy atom. The molecule has 3 heteroatoms. The maximum absolute atomic E-state index is 4.43. The highest BCUT2D eigenvalue weighted by Gasteiger charge is 2.10. The van der Waals surface area contributed by atoms with Gasteiger partial charge < -0.3 is 5.32 Å². The Balaban J connectivity index is 2.27. The summed E-state index contributed by atoms with van der Waals surface area (Å²) in [6.45, 7) is 9.92. The molecule has 2 unspecified atom stereocenters. The van der Waals surface area contributed by atoms with Crippen molar-refractivity contribution in [3.8, 4) is 0 Å². The second kappa shape index (κ2) is 7.02. The number of hydrogen-bond acceptors (Lipinski definition) is 3. The van der Waals surface area contributed by atoms with Gasteiger partial charge in [0.15, 0.2) is 0 Å². The van der Waals surface area contributed by atoms with Crippen molar-refractivity contribution in [3.05, 3.63) is 16.1 Å². The first-order valence-electron chi connectivity index (χ1n) is 6.29. The van der Waals surface area contributed by atoms with Gasteiger partial charge in [0.2, 0.25) is 0 Å². The lowest BCUT2D eigenvalue weighted by Crippen LogP contribution is -2.29. The number of unbranched alkanes of at least 4 members (excludes halogenated alkanes) is 1. The van der Waals surface area contributed by atoms with Gasteiger partial charge in [-0.25, -0.2) is 4.98 Å². The van der Waals surface area contributed by atoms with Crippen molar-refractivity contribution in [3.63, 3.8) is 0 Å². The van der Waals surface area contributed by atoms with E-state index in [4.69, 9.17) is 0 Å². The van der Waals surface area contributed by atoms with Crippen molar-refractivity contribution in [2.24, 2.45) is 0 Å². The normalized spacial score (nSPS) is 15.0. The van der Waals surface area contributed by atoms with Crippen molar-refractivity contribution in [2.75, 3.05) is 6.54 Å². The topological polar surface area (TPSA) is 24.9 Å². The van der Waals surface area contributed by atoms with E-state index >= 15 is 0 Å². The van der Waals surface area contributed by atoms with Gasteiger partial charge in [0.25, 0.3) is 0 Å². The average molecular weight is 240 g/mol. The third-order valence-electron chi connectivity index (χ3n) is 2.82. The highest BCUT2D eigenvalue weighted by molar-refractivity contribution is 7.11. The Labute approximate surface area is 103 Å². The maximum atomic E-state index is 4.43. The van der Waals surface area contributed by atoms with Crippen molar-refractivity contribution >= 4 is 11.3 Å². The largest absolute Gasteiger partial charge is 0.314 e. The predicted molar refractivity (Wildman–Crippen MR) is 72.3 cm³/mol. The van der Waals surface area contributed by atoms with Gasteiger partial charge in [-0.2, -0.15) is 0 Å². The molecular weight excluding hydrogens is 216 g/mol. The third-order valence-corrected chi connectivity index (χ3v) is 3.97. The third kappa shape index (κ3) is 4.62. The molecule has 1 aromatic rings. The number of aromatic nitrogens is 1. The highest BCUT2D eigenvalue weighted by atomic mass is 32.1. The van der Waals surface area contributed by atoms with Crippen LogP contribution in [-0.2, 0) is 0 Å². The predicted octanol–water partition coefficient (Wildman–Crippen LogP) is 3.72. The minimum Gasteiger partial charge on any atom is -0.314 e. The fourth-order valence-corrected chi connectivity index (χ4v) is 2.50. The molecule has 92 valence electrons. The van der Waals surface area contributed by atoms with Gasteiger partial charge in [-0.05, 0) is 20.3 Å². The van der Waals surface area contributed by atoms with E-state index in [-0.39, 0.29) is 0 Å². The van der Waals surface area contributed by atoms with Gasteiger partial charge in [-0.3, -0.25) is 0 Å². The van der Waals surface area contributed by atoms with Gasteiger partial charge in [0.1, 0.15) is 0 Å². The van der Waals surface area contributed by atoms with Crippen LogP contribution in [0.25, 0.3) is 0 Å². The van der Waals surface area contributed by atoms with Gasteiger partial charge in [-0.15, -0.1) is 11.3 Å². The number of thiazole rings is 1. The summed E-state index contributed by atoms with van der Waals surface area (Å²) in [7, 11) is 0. The van der Waals surface area contributed by atoms with Crippen LogP contribution < -0.4 is 5.32 Å². The summed E-state index contributed by atoms with van der Waals surface area (Å²) >= 11 is 1.81. The molecule has 0 aromatic carbocycles. The van der Waals surface area contributed by atoms with Crippen molar-refractivity contribution < 1.29 is 0 Å². The molecule has 2 atom stereocenters. The minimum absolute atomic E-state index is 0.530. The van der Waals surface area contributed by atoms with Crippen molar-refractivity contribution in [1.29, 1.82) is 0 Å². The van der Waals surface area contributed by atoms with E-state index in [2.05, 4.69) is 38.0 Å². The molecule has 0 spiro atoms. The maximum Gasteiger partial charge on any atom is 0.0968 e. The number of rotatable bonds is 7. The molecule has 0 aliphatic heterocycles. The van der Waals surface area contributed by atoms with Crippen LogP contribution in [0.5, 0.6) is 0 Å². The fraction of sp³-hybridized carbons (Fsp3) is 0.769. The van der Waals surface area contributed by atoms with Crippen LogP contribution >= 0.6 is 11.3 Å². The molecule has 16 heavy (non-hydrogen) atoms. The van der Waals surface area contributed by atoms with E-state index in [0.29, 0.717) is 12.0 Å². The standard InChI is InChI=1S/C13H24N2S/c1-5-6-7-11(3)14-8-10(2)13-15-9-12(4)16-13/h9-11,14H,5-8H2,1-4H3. The molecule has 0 saturated carbocycles. The lowest BCUT2D eigenvalue weighted by molar-refractivity contribution is 0.477. The van der Waals surface area contributed by atoms with E-state index < -0.39 is 0 Å². The lowest BCUT2D eigenvalue weighted by atomic mass is 10.1. The highest BCUT2D eigenvalue weighted by Crippen LogP contribution is 2.20. The fourth-order valence-electron chi connectivity index (χ4n) is 1.68. The Morgan fingerprint density at radius 1 is 1.44 bits per heavy atom. The van der Waals surface area contributed by atoms with Crippen molar-refractivity contribution in [2.45, 2.75) is 58.9 Å². The molecule has 2 nitrogen and oxygen atoms in total. The summed E-state index contributed by atoms with van der Waals surface area (Å²) in [4.78, 5) is 5.74. The van der Waals surface area contributed by atoms with E-state index in [0.717, 1.165) is 6.54 Å². The smallest absolute Gasteiger partial charge is 0.0968 e. The summed E-state index contributed by atoms with van der Waals surface area (Å²) < 4.78 is 0. The molecule has 1 N–H and O–H groups in total. The SMILES string of the molecule is CCCCC(C)NCC(C)c1ncc(C)s1. The Hall–Kier alpha value is -0.410. The molecule has 1 aromatic heterocycles. The van der Waals surface area contributed by atoms with E-state index in [1.807, 2.05) is 17.5 Å². The summed E-state index contributed by atoms with van der Waals surface area (Å²) in [5.41, 5.74) is 0. The summed E-state index contributed by atoms with van der Waals surface area (Å²) in [5, 5.41) is 4.85. The van der Waals surface area contributed by atoms with Crippen LogP contribution in [0.15, 0.2) is 6.20 Å². The Bertz CT molecular complexity index is 296. The molecule has 0 fully saturated rings. The molecule has 1 heterocycles. The molecule has 0 aliphatic rings. The van der Waals surface area contributed by atoms with Gasteiger partial charge in [0.05, 0.1) is 5.01 Å². The zero-order valence-corrected chi connectivity index (χ0v) is 11.7. The Kier molecular flexibility index (Phi) is 5.99. The Morgan fingerprint density at radius 3 is 2.75 bits per heavy atom. The van der Waals surface area contributed by atoms with Crippen LogP contribution in [0.4, 0.5) is 0 Å². The molecule has 0 aliphatic carbocycles. The van der Waals surface area contributed by atoms with E-state index in [1.165, 1.54) is 29.1 Å². The number of aryl methyl sites for hydroxylation is 1. The second-order valence-electron chi connectivity index (χ2n) is 4.66. The van der Waals surface area contributed by atoms with Crippen LogP contribution in [0.1, 0.15) is 55.8 Å². The zero-order chi connectivity index (χ0) is 12.0. The first kappa shape index (κ1) is 13.7. The minimum atomic E-state index is 0.530. The summed E-state index contributed by atoms with van der Waals surface area (Å²) in [6.07, 6.45) is 5.85. The summed E-state index contributed by atoms with van der Waals surface area (Å²) in [6, 6.07) is 0.628. The van der Waals surface area contributed by atoms with Gasteiger partial charge in [0, 0.05) is 29.6 Å². The molecule has 1 rings (SSSR count). The average Bonchev–Trinajstić information content (AvgIpc) is 2.69. The van der Waals surface area contributed by atoms with Gasteiger partial charge >= 0.3 is 0 Å². The van der Waals surface area contributed by atoms with E-state index in [1.54, 1.807) is 0 Å². The lowest BCUT2D eigenvalue weighted by Gasteiger charge is -2.16. The quantitative estimate of drug-likeness (QED) is 0.785. The van der Waals surface area contributed by atoms with Crippen LogP contribution in [0.2, 0.25) is 0 Å². The second-order valence-corrected chi connectivity index (χ2v) is 5.93. The molecule has 0 amide bonds. The zero-order valence-electron chi connectivity index (χ0n) is 10.9. The van der Waals surface area contributed by atoms with Crippen LogP contribution in [-0.4, -0.2) is 17.6 Å². The molecule has 0 bridgehead atoms. The number of hydrogen-bond donors (Lipinski definition) is 1. The van der Waals surface area contributed by atoms with Gasteiger partial charge in [-0.1, -0.05) is 26.7 Å². The first-order valence-corrected chi connectivity index (χ1v) is 7.10. The van der Waals surface area contributed by atoms with Crippen molar-refractivity contribution in [1.82, 2.24) is 10.3 Å².